The number of nitrogens with zero attached hydrogens (tertiary/aromatic N) is 2. The second-order valence-corrected chi connectivity index (χ2v) is 7.07. The number of rotatable bonds is 5. The number of hydrogen-bond acceptors (Lipinski definition) is 7. The topological polar surface area (TPSA) is 139 Å². The van der Waals surface area contributed by atoms with Crippen molar-refractivity contribution in [2.24, 2.45) is 11.5 Å². The Hall–Kier alpha value is -2.87. The zero-order chi connectivity index (χ0) is 19.6. The fourth-order valence-corrected chi connectivity index (χ4v) is 3.41. The van der Waals surface area contributed by atoms with Crippen molar-refractivity contribution < 1.29 is 9.90 Å². The molecule has 0 saturated heterocycles. The predicted molar refractivity (Wildman–Crippen MR) is 105 cm³/mol. The second-order valence-electron chi connectivity index (χ2n) is 7.07. The van der Waals surface area contributed by atoms with Crippen LogP contribution in [-0.4, -0.2) is 33.1 Å². The standard InChI is InChI=1S/C19H26N6O2/c1-10-7-16(23-11(2)18(10)26)25-15-8-12(9-22-17(15)19(21)27)24-14-6-4-3-5-13(14)20/h7-9,13-14,24,26H,3-6,20H2,1-2H3,(H2,21,27)(H,23,25)/t13-,14+/m0/s1. The molecule has 2 heterocycles. The maximum absolute atomic E-state index is 11.8. The van der Waals surface area contributed by atoms with Crippen molar-refractivity contribution in [3.63, 3.8) is 0 Å². The number of aromatic nitrogens is 2. The molecule has 0 radical (unpaired) electrons. The lowest BCUT2D eigenvalue weighted by molar-refractivity contribution is 0.0996. The number of carbonyl (C=O) groups excluding carboxylic acids is 1. The Balaban J connectivity index is 1.89. The second kappa shape index (κ2) is 7.79. The number of carbonyl (C=O) groups is 1. The van der Waals surface area contributed by atoms with Crippen LogP contribution in [0.15, 0.2) is 18.3 Å². The summed E-state index contributed by atoms with van der Waals surface area (Å²) in [6, 6.07) is 3.75. The van der Waals surface area contributed by atoms with Crippen LogP contribution >= 0.6 is 0 Å². The Bertz CT molecular complexity index is 831. The average Bonchev–Trinajstić information content (AvgIpc) is 2.61. The molecular formula is C19H26N6O2. The Morgan fingerprint density at radius 3 is 2.67 bits per heavy atom. The molecule has 144 valence electrons. The van der Waals surface area contributed by atoms with Gasteiger partial charge in [0.1, 0.15) is 11.6 Å². The number of anilines is 3. The van der Waals surface area contributed by atoms with Crippen molar-refractivity contribution in [2.75, 3.05) is 10.6 Å². The molecule has 1 fully saturated rings. The first kappa shape index (κ1) is 18.9. The van der Waals surface area contributed by atoms with E-state index in [1.165, 1.54) is 0 Å². The number of pyridine rings is 2. The highest BCUT2D eigenvalue weighted by molar-refractivity contribution is 5.97. The molecule has 0 spiro atoms. The molecule has 1 aliphatic carbocycles. The van der Waals surface area contributed by atoms with E-state index in [-0.39, 0.29) is 23.5 Å². The third-order valence-corrected chi connectivity index (χ3v) is 4.91. The lowest BCUT2D eigenvalue weighted by Gasteiger charge is -2.30. The maximum Gasteiger partial charge on any atom is 0.269 e. The van der Waals surface area contributed by atoms with Gasteiger partial charge in [-0.15, -0.1) is 0 Å². The van der Waals surface area contributed by atoms with Gasteiger partial charge in [-0.25, -0.2) is 9.97 Å². The number of hydrogen-bond donors (Lipinski definition) is 5. The van der Waals surface area contributed by atoms with Gasteiger partial charge in [0.2, 0.25) is 0 Å². The minimum absolute atomic E-state index is 0.0926. The van der Waals surface area contributed by atoms with Gasteiger partial charge in [-0.2, -0.15) is 0 Å². The summed E-state index contributed by atoms with van der Waals surface area (Å²) in [4.78, 5) is 20.3. The molecule has 3 rings (SSSR count). The van der Waals surface area contributed by atoms with Crippen molar-refractivity contribution in [3.8, 4) is 5.75 Å². The van der Waals surface area contributed by atoms with Crippen molar-refractivity contribution in [2.45, 2.75) is 51.6 Å². The first-order valence-electron chi connectivity index (χ1n) is 9.11. The van der Waals surface area contributed by atoms with Gasteiger partial charge in [-0.1, -0.05) is 12.8 Å². The molecule has 0 unspecified atom stereocenters. The number of nitrogens with one attached hydrogen (secondary N) is 2. The summed E-state index contributed by atoms with van der Waals surface area (Å²) in [5.41, 5.74) is 14.2. The van der Waals surface area contributed by atoms with Crippen LogP contribution in [-0.2, 0) is 0 Å². The van der Waals surface area contributed by atoms with E-state index in [1.54, 1.807) is 32.2 Å². The van der Waals surface area contributed by atoms with Gasteiger partial charge < -0.3 is 27.2 Å². The van der Waals surface area contributed by atoms with Gasteiger partial charge in [0, 0.05) is 12.1 Å². The third kappa shape index (κ3) is 4.28. The fourth-order valence-electron chi connectivity index (χ4n) is 3.41. The van der Waals surface area contributed by atoms with Crippen molar-refractivity contribution in [1.29, 1.82) is 0 Å². The van der Waals surface area contributed by atoms with Crippen LogP contribution in [0.1, 0.15) is 47.4 Å². The Morgan fingerprint density at radius 1 is 1.26 bits per heavy atom. The highest BCUT2D eigenvalue weighted by atomic mass is 16.3. The first-order chi connectivity index (χ1) is 12.8. The van der Waals surface area contributed by atoms with E-state index in [1.807, 2.05) is 0 Å². The minimum atomic E-state index is -0.634. The van der Waals surface area contributed by atoms with E-state index in [0.717, 1.165) is 31.4 Å². The molecule has 2 aromatic heterocycles. The van der Waals surface area contributed by atoms with Crippen LogP contribution in [0.2, 0.25) is 0 Å². The Morgan fingerprint density at radius 2 is 2.00 bits per heavy atom. The molecule has 27 heavy (non-hydrogen) atoms. The molecule has 1 amide bonds. The summed E-state index contributed by atoms with van der Waals surface area (Å²) in [5.74, 6) is 0.0137. The molecule has 1 aliphatic rings. The van der Waals surface area contributed by atoms with Crippen LogP contribution in [0.3, 0.4) is 0 Å². The number of aryl methyl sites for hydroxylation is 2. The van der Waals surface area contributed by atoms with Gasteiger partial charge >= 0.3 is 0 Å². The van der Waals surface area contributed by atoms with Crippen LogP contribution in [0.25, 0.3) is 0 Å². The van der Waals surface area contributed by atoms with Crippen molar-refractivity contribution in [1.82, 2.24) is 9.97 Å². The third-order valence-electron chi connectivity index (χ3n) is 4.91. The van der Waals surface area contributed by atoms with Gasteiger partial charge in [0.25, 0.3) is 5.91 Å². The molecule has 2 atom stereocenters. The van der Waals surface area contributed by atoms with E-state index in [4.69, 9.17) is 11.5 Å². The van der Waals surface area contributed by atoms with Gasteiger partial charge in [-0.05, 0) is 44.4 Å². The Labute approximate surface area is 158 Å². The zero-order valence-electron chi connectivity index (χ0n) is 15.6. The highest BCUT2D eigenvalue weighted by Gasteiger charge is 2.22. The van der Waals surface area contributed by atoms with Gasteiger partial charge in [0.15, 0.2) is 5.69 Å². The quantitative estimate of drug-likeness (QED) is 0.544. The summed E-state index contributed by atoms with van der Waals surface area (Å²) in [6.45, 7) is 3.49. The largest absolute Gasteiger partial charge is 0.506 e. The zero-order valence-corrected chi connectivity index (χ0v) is 15.6. The molecule has 8 nitrogen and oxygen atoms in total. The SMILES string of the molecule is Cc1cc(Nc2cc(N[C@@H]3CCCC[C@@H]3N)cnc2C(N)=O)nc(C)c1O. The van der Waals surface area contributed by atoms with E-state index in [9.17, 15) is 9.90 Å². The van der Waals surface area contributed by atoms with E-state index >= 15 is 0 Å². The van der Waals surface area contributed by atoms with Crippen LogP contribution < -0.4 is 22.1 Å². The normalized spacial score (nSPS) is 19.5. The smallest absolute Gasteiger partial charge is 0.269 e. The van der Waals surface area contributed by atoms with Crippen LogP contribution in [0.5, 0.6) is 5.75 Å². The van der Waals surface area contributed by atoms with Gasteiger partial charge in [-0.3, -0.25) is 4.79 Å². The lowest BCUT2D eigenvalue weighted by atomic mass is 9.91. The monoisotopic (exact) mass is 370 g/mol. The number of primary amides is 1. The van der Waals surface area contributed by atoms with Crippen LogP contribution in [0.4, 0.5) is 17.2 Å². The Kier molecular flexibility index (Phi) is 5.46. The summed E-state index contributed by atoms with van der Waals surface area (Å²) in [7, 11) is 0. The highest BCUT2D eigenvalue weighted by Crippen LogP contribution is 2.28. The predicted octanol–water partition coefficient (Wildman–Crippen LogP) is 2.32. The molecule has 0 aromatic carbocycles. The molecule has 1 saturated carbocycles. The average molecular weight is 370 g/mol. The molecule has 8 heteroatoms. The number of amides is 1. The minimum Gasteiger partial charge on any atom is -0.506 e. The molecule has 7 N–H and O–H groups in total. The number of aromatic hydroxyl groups is 1. The lowest BCUT2D eigenvalue weighted by Crippen LogP contribution is -2.42. The number of nitrogens with two attached hydrogens (primary N) is 2. The summed E-state index contributed by atoms with van der Waals surface area (Å²) < 4.78 is 0. The van der Waals surface area contributed by atoms with E-state index in [2.05, 4.69) is 20.6 Å². The summed E-state index contributed by atoms with van der Waals surface area (Å²) >= 11 is 0. The molecule has 0 bridgehead atoms. The summed E-state index contributed by atoms with van der Waals surface area (Å²) in [6.07, 6.45) is 5.87. The summed E-state index contributed by atoms with van der Waals surface area (Å²) in [5, 5.41) is 16.4. The van der Waals surface area contributed by atoms with E-state index < -0.39 is 5.91 Å². The fraction of sp³-hybridized carbons (Fsp3) is 0.421. The first-order valence-corrected chi connectivity index (χ1v) is 9.11. The van der Waals surface area contributed by atoms with Crippen LogP contribution in [0, 0.1) is 13.8 Å². The van der Waals surface area contributed by atoms with Crippen molar-refractivity contribution in [3.05, 3.63) is 35.3 Å². The van der Waals surface area contributed by atoms with E-state index in [0.29, 0.717) is 22.8 Å². The maximum atomic E-state index is 11.8. The van der Waals surface area contributed by atoms with Crippen molar-refractivity contribution >= 4 is 23.1 Å². The molecule has 0 aliphatic heterocycles. The molecule has 2 aromatic rings. The molecular weight excluding hydrogens is 344 g/mol. The van der Waals surface area contributed by atoms with Gasteiger partial charge in [0.05, 0.1) is 23.3 Å².